The molecule has 0 saturated heterocycles. The fourth-order valence-corrected chi connectivity index (χ4v) is 2.00. The molecule has 5 heteroatoms. The van der Waals surface area contributed by atoms with E-state index in [1.165, 1.54) is 0 Å². The highest BCUT2D eigenvalue weighted by Gasteiger charge is 2.28. The molecule has 110 valence electrons. The summed E-state index contributed by atoms with van der Waals surface area (Å²) in [5, 5.41) is 7.48. The molecule has 1 aromatic rings. The topological polar surface area (TPSA) is 60.2 Å². The number of nitrogens with zero attached hydrogens (tertiary/aromatic N) is 2. The Bertz CT molecular complexity index is 375. The highest BCUT2D eigenvalue weighted by Crippen LogP contribution is 2.22. The van der Waals surface area contributed by atoms with Crippen molar-refractivity contribution in [2.45, 2.75) is 59.6 Å². The van der Waals surface area contributed by atoms with Crippen LogP contribution in [-0.2, 0) is 16.8 Å². The second-order valence-corrected chi connectivity index (χ2v) is 5.57. The maximum Gasteiger partial charge on any atom is 0.228 e. The third kappa shape index (κ3) is 4.58. The normalized spacial score (nSPS) is 14.1. The molecule has 0 aliphatic carbocycles. The van der Waals surface area contributed by atoms with Gasteiger partial charge in [0.15, 0.2) is 0 Å². The van der Waals surface area contributed by atoms with Crippen molar-refractivity contribution >= 4 is 0 Å². The highest BCUT2D eigenvalue weighted by molar-refractivity contribution is 4.98. The molecular weight excluding hydrogens is 242 g/mol. The van der Waals surface area contributed by atoms with Crippen LogP contribution in [0, 0.1) is 5.92 Å². The predicted octanol–water partition coefficient (Wildman–Crippen LogP) is 2.52. The van der Waals surface area contributed by atoms with E-state index in [1.54, 1.807) is 0 Å². The number of nitrogens with one attached hydrogen (secondary N) is 1. The zero-order chi connectivity index (χ0) is 14.5. The van der Waals surface area contributed by atoms with Crippen molar-refractivity contribution in [1.82, 2.24) is 15.5 Å². The van der Waals surface area contributed by atoms with Gasteiger partial charge in [-0.1, -0.05) is 25.9 Å². The van der Waals surface area contributed by atoms with E-state index in [0.29, 0.717) is 30.3 Å². The Kier molecular flexibility index (Phi) is 5.94. The lowest BCUT2D eigenvalue weighted by Gasteiger charge is -2.20. The lowest BCUT2D eigenvalue weighted by molar-refractivity contribution is -0.0221. The van der Waals surface area contributed by atoms with Crippen LogP contribution in [0.5, 0.6) is 0 Å². The first-order valence-electron chi connectivity index (χ1n) is 7.11. The van der Waals surface area contributed by atoms with Crippen molar-refractivity contribution < 1.29 is 9.26 Å². The minimum absolute atomic E-state index is 0.355. The molecule has 0 aliphatic rings. The minimum Gasteiger partial charge on any atom is -0.368 e. The molecule has 1 N–H and O–H groups in total. The Balaban J connectivity index is 2.73. The van der Waals surface area contributed by atoms with Crippen LogP contribution in [-0.4, -0.2) is 29.3 Å². The van der Waals surface area contributed by atoms with Gasteiger partial charge in [-0.25, -0.2) is 0 Å². The maximum atomic E-state index is 5.63. The van der Waals surface area contributed by atoms with E-state index in [-0.39, 0.29) is 0 Å². The summed E-state index contributed by atoms with van der Waals surface area (Å²) in [6, 6.07) is 0.355. The molecule has 1 rings (SSSR count). The van der Waals surface area contributed by atoms with E-state index in [2.05, 4.69) is 36.2 Å². The predicted molar refractivity (Wildman–Crippen MR) is 75.0 cm³/mol. The first-order chi connectivity index (χ1) is 8.90. The number of ether oxygens (including phenoxy) is 1. The Hall–Kier alpha value is -0.940. The Morgan fingerprint density at radius 1 is 1.32 bits per heavy atom. The standard InChI is InChI=1S/C14H27N3O2/c1-7-15-11(10(3)4)9-12-16-13(17-19-12)14(5,6)18-8-2/h10-11,15H,7-9H2,1-6H3. The smallest absolute Gasteiger partial charge is 0.228 e. The van der Waals surface area contributed by atoms with Crippen molar-refractivity contribution in [1.29, 1.82) is 0 Å². The fraction of sp³-hybridized carbons (Fsp3) is 0.857. The van der Waals surface area contributed by atoms with E-state index < -0.39 is 5.60 Å². The summed E-state index contributed by atoms with van der Waals surface area (Å²) in [7, 11) is 0. The number of hydrogen-bond acceptors (Lipinski definition) is 5. The van der Waals surface area contributed by atoms with Gasteiger partial charge in [-0.15, -0.1) is 0 Å². The summed E-state index contributed by atoms with van der Waals surface area (Å²) in [6.07, 6.45) is 0.751. The van der Waals surface area contributed by atoms with Crippen molar-refractivity contribution in [2.24, 2.45) is 5.92 Å². The number of aromatic nitrogens is 2. The van der Waals surface area contributed by atoms with Crippen molar-refractivity contribution in [3.8, 4) is 0 Å². The van der Waals surface area contributed by atoms with Crippen LogP contribution in [0.25, 0.3) is 0 Å². The first-order valence-corrected chi connectivity index (χ1v) is 7.11. The number of rotatable bonds is 8. The largest absolute Gasteiger partial charge is 0.368 e. The molecular formula is C14H27N3O2. The Labute approximate surface area is 116 Å². The van der Waals surface area contributed by atoms with Gasteiger partial charge in [-0.05, 0) is 33.2 Å². The van der Waals surface area contributed by atoms with E-state index in [9.17, 15) is 0 Å². The molecule has 0 saturated carbocycles. The fourth-order valence-electron chi connectivity index (χ4n) is 2.00. The third-order valence-electron chi connectivity index (χ3n) is 3.18. The van der Waals surface area contributed by atoms with Gasteiger partial charge in [0.1, 0.15) is 5.60 Å². The molecule has 0 spiro atoms. The molecule has 0 bridgehead atoms. The molecule has 0 aliphatic heterocycles. The Morgan fingerprint density at radius 2 is 2.00 bits per heavy atom. The van der Waals surface area contributed by atoms with Crippen LogP contribution in [0.3, 0.4) is 0 Å². The highest BCUT2D eigenvalue weighted by atomic mass is 16.5. The molecule has 1 unspecified atom stereocenters. The summed E-state index contributed by atoms with van der Waals surface area (Å²) in [5.74, 6) is 1.81. The van der Waals surface area contributed by atoms with E-state index in [4.69, 9.17) is 9.26 Å². The van der Waals surface area contributed by atoms with Crippen LogP contribution in [0.2, 0.25) is 0 Å². The van der Waals surface area contributed by atoms with Gasteiger partial charge >= 0.3 is 0 Å². The summed E-state index contributed by atoms with van der Waals surface area (Å²) < 4.78 is 11.0. The zero-order valence-corrected chi connectivity index (χ0v) is 13.0. The summed E-state index contributed by atoms with van der Waals surface area (Å²) in [5.41, 5.74) is -0.498. The molecule has 0 radical (unpaired) electrons. The third-order valence-corrected chi connectivity index (χ3v) is 3.18. The molecule has 1 atom stereocenters. The molecule has 5 nitrogen and oxygen atoms in total. The van der Waals surface area contributed by atoms with Crippen molar-refractivity contribution in [3.05, 3.63) is 11.7 Å². The minimum atomic E-state index is -0.498. The second-order valence-electron chi connectivity index (χ2n) is 5.57. The number of hydrogen-bond donors (Lipinski definition) is 1. The quantitative estimate of drug-likeness (QED) is 0.785. The molecule has 1 aromatic heterocycles. The maximum absolute atomic E-state index is 5.63. The zero-order valence-electron chi connectivity index (χ0n) is 13.0. The van der Waals surface area contributed by atoms with E-state index >= 15 is 0 Å². The van der Waals surface area contributed by atoms with E-state index in [1.807, 2.05) is 20.8 Å². The molecule has 1 heterocycles. The SMILES string of the molecule is CCNC(Cc1nc(C(C)(C)OCC)no1)C(C)C. The second kappa shape index (κ2) is 7.01. The van der Waals surface area contributed by atoms with Gasteiger partial charge in [0.25, 0.3) is 0 Å². The van der Waals surface area contributed by atoms with Crippen LogP contribution < -0.4 is 5.32 Å². The lowest BCUT2D eigenvalue weighted by Crippen LogP contribution is -2.35. The summed E-state index contributed by atoms with van der Waals surface area (Å²) >= 11 is 0. The molecule has 0 aromatic carbocycles. The number of likely N-dealkylation sites (N-methyl/N-ethyl adjacent to an activating group) is 1. The summed E-state index contributed by atoms with van der Waals surface area (Å²) in [4.78, 5) is 4.46. The first kappa shape index (κ1) is 16.1. The van der Waals surface area contributed by atoms with Gasteiger partial charge in [0.05, 0.1) is 0 Å². The van der Waals surface area contributed by atoms with Gasteiger partial charge in [0.2, 0.25) is 11.7 Å². The van der Waals surface area contributed by atoms with Crippen molar-refractivity contribution in [2.75, 3.05) is 13.2 Å². The molecule has 0 amide bonds. The van der Waals surface area contributed by atoms with Gasteiger partial charge < -0.3 is 14.6 Å². The molecule has 19 heavy (non-hydrogen) atoms. The summed E-state index contributed by atoms with van der Waals surface area (Å²) in [6.45, 7) is 13.9. The van der Waals surface area contributed by atoms with Gasteiger partial charge in [-0.3, -0.25) is 0 Å². The average molecular weight is 269 g/mol. The van der Waals surface area contributed by atoms with Gasteiger partial charge in [0, 0.05) is 19.1 Å². The van der Waals surface area contributed by atoms with Crippen LogP contribution >= 0.6 is 0 Å². The van der Waals surface area contributed by atoms with Crippen LogP contribution in [0.15, 0.2) is 4.52 Å². The monoisotopic (exact) mass is 269 g/mol. The lowest BCUT2D eigenvalue weighted by atomic mass is 10.0. The Morgan fingerprint density at radius 3 is 2.53 bits per heavy atom. The van der Waals surface area contributed by atoms with E-state index in [0.717, 1.165) is 13.0 Å². The van der Waals surface area contributed by atoms with Gasteiger partial charge in [-0.2, -0.15) is 4.98 Å². The molecule has 0 fully saturated rings. The van der Waals surface area contributed by atoms with Crippen LogP contribution in [0.1, 0.15) is 53.3 Å². The van der Waals surface area contributed by atoms with Crippen LogP contribution in [0.4, 0.5) is 0 Å². The van der Waals surface area contributed by atoms with Crippen molar-refractivity contribution in [3.63, 3.8) is 0 Å². The average Bonchev–Trinajstić information content (AvgIpc) is 2.77.